The average Bonchev–Trinajstić information content (AvgIpc) is 3.10. The summed E-state index contributed by atoms with van der Waals surface area (Å²) in [5.74, 6) is 0.640. The van der Waals surface area contributed by atoms with Gasteiger partial charge in [0.1, 0.15) is 5.75 Å². The van der Waals surface area contributed by atoms with Crippen molar-refractivity contribution in [3.63, 3.8) is 0 Å². The van der Waals surface area contributed by atoms with E-state index in [1.165, 1.54) is 32.5 Å². The molecule has 2 heterocycles. The van der Waals surface area contributed by atoms with E-state index in [-0.39, 0.29) is 29.2 Å². The molecule has 3 aromatic rings. The zero-order valence-corrected chi connectivity index (χ0v) is 18.1. The Hall–Kier alpha value is -2.79. The second-order valence-electron chi connectivity index (χ2n) is 6.80. The number of rotatable bonds is 10. The summed E-state index contributed by atoms with van der Waals surface area (Å²) >= 11 is 0. The van der Waals surface area contributed by atoms with E-state index in [1.54, 1.807) is 16.7 Å². The highest BCUT2D eigenvalue weighted by molar-refractivity contribution is 7.84. The van der Waals surface area contributed by atoms with Crippen molar-refractivity contribution in [2.24, 2.45) is 5.92 Å². The molecule has 0 saturated carbocycles. The van der Waals surface area contributed by atoms with Crippen LogP contribution in [0.2, 0.25) is 0 Å². The van der Waals surface area contributed by atoms with Crippen LogP contribution in [-0.4, -0.2) is 51.3 Å². The molecule has 2 atom stereocenters. The molecule has 1 aromatic carbocycles. The number of pyridine rings is 1. The predicted octanol–water partition coefficient (Wildman–Crippen LogP) is 2.99. The van der Waals surface area contributed by atoms with Gasteiger partial charge in [-0.25, -0.2) is 4.98 Å². The molecular weight excluding hydrogens is 432 g/mol. The number of aliphatic hydroxyl groups is 1. The van der Waals surface area contributed by atoms with Gasteiger partial charge in [0.05, 0.1) is 47.5 Å². The van der Waals surface area contributed by atoms with Crippen molar-refractivity contribution >= 4 is 21.8 Å². The van der Waals surface area contributed by atoms with E-state index in [4.69, 9.17) is 9.47 Å². The van der Waals surface area contributed by atoms with Crippen LogP contribution in [0.4, 0.5) is 8.78 Å². The Morgan fingerprint density at radius 3 is 2.65 bits per heavy atom. The van der Waals surface area contributed by atoms with Crippen molar-refractivity contribution in [2.75, 3.05) is 20.8 Å². The zero-order valence-electron chi connectivity index (χ0n) is 17.2. The minimum absolute atomic E-state index is 0.00239. The Balaban J connectivity index is 2.03. The maximum Gasteiger partial charge on any atom is 0.387 e. The van der Waals surface area contributed by atoms with Crippen LogP contribution in [0.25, 0.3) is 11.0 Å². The number of benzene rings is 1. The number of halogens is 2. The van der Waals surface area contributed by atoms with Gasteiger partial charge < -0.3 is 23.9 Å². The summed E-state index contributed by atoms with van der Waals surface area (Å²) in [6.45, 7) is -0.872. The number of fused-ring (bicyclic) bond motifs is 1. The number of aromatic nitrogens is 3. The molecule has 2 unspecified atom stereocenters. The number of hydrogen-bond acceptors (Lipinski definition) is 7. The SMILES string of the molecule is COc1ccnc(CS(=O)c2nc3cc(OC(F)F)ccc3n2CC(C)CO)c1OC. The number of ether oxygens (including phenoxy) is 3. The lowest BCUT2D eigenvalue weighted by atomic mass is 10.2. The smallest absolute Gasteiger partial charge is 0.387 e. The number of alkyl halides is 2. The number of hydrogen-bond donors (Lipinski definition) is 1. The molecule has 0 bridgehead atoms. The maximum atomic E-state index is 13.3. The molecule has 8 nitrogen and oxygen atoms in total. The molecule has 31 heavy (non-hydrogen) atoms. The van der Waals surface area contributed by atoms with Crippen LogP contribution in [0.15, 0.2) is 35.6 Å². The molecule has 0 fully saturated rings. The summed E-state index contributed by atoms with van der Waals surface area (Å²) in [7, 11) is 1.31. The first-order valence-electron chi connectivity index (χ1n) is 9.38. The first kappa shape index (κ1) is 22.9. The first-order valence-corrected chi connectivity index (χ1v) is 10.7. The van der Waals surface area contributed by atoms with Gasteiger partial charge in [-0.2, -0.15) is 8.78 Å². The summed E-state index contributed by atoms with van der Waals surface area (Å²) < 4.78 is 55.2. The van der Waals surface area contributed by atoms with Crippen LogP contribution >= 0.6 is 0 Å². The van der Waals surface area contributed by atoms with E-state index in [2.05, 4.69) is 14.7 Å². The second-order valence-corrected chi connectivity index (χ2v) is 8.15. The fourth-order valence-electron chi connectivity index (χ4n) is 3.13. The van der Waals surface area contributed by atoms with Gasteiger partial charge in [-0.3, -0.25) is 9.19 Å². The van der Waals surface area contributed by atoms with Gasteiger partial charge in [0, 0.05) is 31.5 Å². The van der Waals surface area contributed by atoms with Crippen LogP contribution in [0.3, 0.4) is 0 Å². The molecule has 168 valence electrons. The van der Waals surface area contributed by atoms with Crippen molar-refractivity contribution in [3.8, 4) is 17.2 Å². The first-order chi connectivity index (χ1) is 14.9. The number of aliphatic hydroxyl groups excluding tert-OH is 1. The number of methoxy groups -OCH3 is 2. The largest absolute Gasteiger partial charge is 0.493 e. The van der Waals surface area contributed by atoms with Gasteiger partial charge in [0.25, 0.3) is 0 Å². The minimum Gasteiger partial charge on any atom is -0.493 e. The number of nitrogens with zero attached hydrogens (tertiary/aromatic N) is 3. The van der Waals surface area contributed by atoms with Gasteiger partial charge in [-0.15, -0.1) is 0 Å². The summed E-state index contributed by atoms with van der Waals surface area (Å²) in [5, 5.41) is 9.72. The van der Waals surface area contributed by atoms with E-state index in [0.717, 1.165) is 0 Å². The summed E-state index contributed by atoms with van der Waals surface area (Å²) in [6, 6.07) is 5.98. The quantitative estimate of drug-likeness (QED) is 0.502. The number of imidazole rings is 1. The molecule has 0 radical (unpaired) electrons. The third-order valence-corrected chi connectivity index (χ3v) is 5.81. The maximum absolute atomic E-state index is 13.3. The van der Waals surface area contributed by atoms with Crippen molar-refractivity contribution in [1.29, 1.82) is 0 Å². The molecule has 2 aromatic heterocycles. The third-order valence-electron chi connectivity index (χ3n) is 4.55. The Morgan fingerprint density at radius 1 is 1.23 bits per heavy atom. The topological polar surface area (TPSA) is 95.7 Å². The molecule has 11 heteroatoms. The molecule has 0 amide bonds. The monoisotopic (exact) mass is 455 g/mol. The van der Waals surface area contributed by atoms with Gasteiger partial charge in [0.2, 0.25) is 0 Å². The van der Waals surface area contributed by atoms with Gasteiger partial charge >= 0.3 is 6.61 Å². The van der Waals surface area contributed by atoms with E-state index in [0.29, 0.717) is 34.8 Å². The second kappa shape index (κ2) is 10.0. The molecule has 0 aliphatic heterocycles. The molecule has 0 spiro atoms. The molecule has 0 aliphatic carbocycles. The van der Waals surface area contributed by atoms with Crippen molar-refractivity contribution in [3.05, 3.63) is 36.2 Å². The van der Waals surface area contributed by atoms with Crippen LogP contribution in [0, 0.1) is 5.92 Å². The van der Waals surface area contributed by atoms with Gasteiger partial charge in [-0.1, -0.05) is 6.92 Å². The van der Waals surface area contributed by atoms with Crippen molar-refractivity contribution < 1.29 is 32.3 Å². The van der Waals surface area contributed by atoms with Crippen LogP contribution in [0.1, 0.15) is 12.6 Å². The molecule has 1 N–H and O–H groups in total. The van der Waals surface area contributed by atoms with Crippen LogP contribution in [-0.2, 0) is 23.1 Å². The molecular formula is C20H23F2N3O5S. The van der Waals surface area contributed by atoms with E-state index in [9.17, 15) is 18.1 Å². The van der Waals surface area contributed by atoms with Crippen LogP contribution in [0.5, 0.6) is 17.2 Å². The zero-order chi connectivity index (χ0) is 22.5. The molecule has 3 rings (SSSR count). The van der Waals surface area contributed by atoms with E-state index < -0.39 is 17.4 Å². The van der Waals surface area contributed by atoms with E-state index >= 15 is 0 Å². The normalized spacial score (nSPS) is 13.4. The predicted molar refractivity (Wildman–Crippen MR) is 110 cm³/mol. The van der Waals surface area contributed by atoms with Crippen molar-refractivity contribution in [2.45, 2.75) is 31.0 Å². The fourth-order valence-corrected chi connectivity index (χ4v) is 4.33. The standard InChI is InChI=1S/C20H23F2N3O5S/c1-12(10-26)9-25-16-5-4-13(30-19(21)22)8-14(16)24-20(25)31(27)11-15-18(29-3)17(28-2)6-7-23-15/h4-8,12,19,26H,9-11H2,1-3H3. The minimum atomic E-state index is -2.96. The highest BCUT2D eigenvalue weighted by Crippen LogP contribution is 2.31. The molecule has 0 saturated heterocycles. The summed E-state index contributed by atoms with van der Waals surface area (Å²) in [6.07, 6.45) is 1.53. The lowest BCUT2D eigenvalue weighted by Gasteiger charge is -2.14. The van der Waals surface area contributed by atoms with Crippen LogP contribution < -0.4 is 14.2 Å². The Kier molecular flexibility index (Phi) is 7.39. The average molecular weight is 455 g/mol. The fraction of sp³-hybridized carbons (Fsp3) is 0.400. The lowest BCUT2D eigenvalue weighted by molar-refractivity contribution is -0.0497. The Labute approximate surface area is 180 Å². The Bertz CT molecular complexity index is 1080. The third kappa shape index (κ3) is 5.10. The van der Waals surface area contributed by atoms with Gasteiger partial charge in [-0.05, 0) is 18.1 Å². The summed E-state index contributed by atoms with van der Waals surface area (Å²) in [4.78, 5) is 8.67. The van der Waals surface area contributed by atoms with Crippen molar-refractivity contribution in [1.82, 2.24) is 14.5 Å². The highest BCUT2D eigenvalue weighted by atomic mass is 32.2. The summed E-state index contributed by atoms with van der Waals surface area (Å²) in [5.41, 5.74) is 1.38. The van der Waals surface area contributed by atoms with Gasteiger partial charge in [0.15, 0.2) is 16.7 Å². The molecule has 0 aliphatic rings. The van der Waals surface area contributed by atoms with E-state index in [1.807, 2.05) is 6.92 Å². The Morgan fingerprint density at radius 2 is 2.00 bits per heavy atom. The highest BCUT2D eigenvalue weighted by Gasteiger charge is 2.22. The lowest BCUT2D eigenvalue weighted by Crippen LogP contribution is -2.15.